The van der Waals surface area contributed by atoms with E-state index in [4.69, 9.17) is 10.5 Å². The van der Waals surface area contributed by atoms with Crippen LogP contribution in [0.2, 0.25) is 0 Å². The molecule has 1 fully saturated rings. The molecule has 0 aliphatic heterocycles. The number of nitrogens with one attached hydrogen (secondary N) is 2. The lowest BCUT2D eigenvalue weighted by Crippen LogP contribution is -2.37. The topological polar surface area (TPSA) is 96.7 Å². The summed E-state index contributed by atoms with van der Waals surface area (Å²) in [6.07, 6.45) is 6.30. The maximum absolute atomic E-state index is 13.0. The van der Waals surface area contributed by atoms with Crippen LogP contribution >= 0.6 is 15.9 Å². The molecule has 1 atom stereocenters. The lowest BCUT2D eigenvalue weighted by atomic mass is 9.93. The molecule has 1 unspecified atom stereocenters. The number of nitrogens with zero attached hydrogens (tertiary/aromatic N) is 1. The molecule has 3 aromatic rings. The first-order chi connectivity index (χ1) is 19.3. The van der Waals surface area contributed by atoms with E-state index < -0.39 is 0 Å². The number of nitrogens with two attached hydrogens (primary N) is 1. The maximum atomic E-state index is 13.0. The number of carbonyl (C=O) groups excluding carboxylic acids is 2. The molecule has 4 rings (SSSR count). The van der Waals surface area contributed by atoms with Gasteiger partial charge in [-0.1, -0.05) is 50.5 Å². The van der Waals surface area contributed by atoms with Crippen LogP contribution in [-0.4, -0.2) is 49.5 Å². The molecule has 0 bridgehead atoms. The van der Waals surface area contributed by atoms with Gasteiger partial charge in [0.2, 0.25) is 5.91 Å². The van der Waals surface area contributed by atoms with Gasteiger partial charge >= 0.3 is 0 Å². The molecule has 7 nitrogen and oxygen atoms in total. The number of carbonyl (C=O) groups is 2. The minimum absolute atomic E-state index is 0.0815. The largest absolute Gasteiger partial charge is 0.497 e. The number of anilines is 1. The van der Waals surface area contributed by atoms with E-state index in [1.165, 1.54) is 32.1 Å². The van der Waals surface area contributed by atoms with E-state index in [0.29, 0.717) is 30.4 Å². The first-order valence-electron chi connectivity index (χ1n) is 14.3. The Morgan fingerprint density at radius 3 is 2.45 bits per heavy atom. The molecule has 2 amide bonds. The molecule has 1 aliphatic rings. The Labute approximate surface area is 246 Å². The molecule has 0 spiro atoms. The molecular weight excluding hydrogens is 568 g/mol. The van der Waals surface area contributed by atoms with E-state index in [0.717, 1.165) is 45.2 Å². The number of halogens is 1. The van der Waals surface area contributed by atoms with Gasteiger partial charge in [0.25, 0.3) is 5.91 Å². The number of ether oxygens (including phenoxy) is 1. The van der Waals surface area contributed by atoms with E-state index in [-0.39, 0.29) is 17.7 Å². The van der Waals surface area contributed by atoms with Gasteiger partial charge in [0.1, 0.15) is 5.75 Å². The van der Waals surface area contributed by atoms with Crippen molar-refractivity contribution in [2.24, 2.45) is 0 Å². The highest BCUT2D eigenvalue weighted by atomic mass is 79.9. The highest BCUT2D eigenvalue weighted by Crippen LogP contribution is 2.30. The van der Waals surface area contributed by atoms with Gasteiger partial charge in [-0.2, -0.15) is 0 Å². The van der Waals surface area contributed by atoms with Crippen LogP contribution in [0.25, 0.3) is 10.8 Å². The lowest BCUT2D eigenvalue weighted by molar-refractivity contribution is -0.122. The Bertz CT molecular complexity index is 1340. The van der Waals surface area contributed by atoms with Crippen molar-refractivity contribution in [2.75, 3.05) is 32.5 Å². The minimum atomic E-state index is -0.316. The smallest absolute Gasteiger partial charge is 0.251 e. The number of amides is 2. The van der Waals surface area contributed by atoms with Gasteiger partial charge in [-0.3, -0.25) is 14.5 Å². The molecular formula is C32H41BrN4O3. The van der Waals surface area contributed by atoms with Crippen molar-refractivity contribution >= 4 is 44.2 Å². The number of benzene rings is 3. The normalized spacial score (nSPS) is 14.7. The molecule has 8 heteroatoms. The van der Waals surface area contributed by atoms with Crippen LogP contribution in [0.5, 0.6) is 5.75 Å². The lowest BCUT2D eigenvalue weighted by Gasteiger charge is -2.34. The Hall–Kier alpha value is -3.10. The predicted octanol–water partition coefficient (Wildman–Crippen LogP) is 6.00. The Kier molecular flexibility index (Phi) is 10.5. The third kappa shape index (κ3) is 7.34. The predicted molar refractivity (Wildman–Crippen MR) is 166 cm³/mol. The van der Waals surface area contributed by atoms with Crippen LogP contribution < -0.4 is 21.1 Å². The van der Waals surface area contributed by atoms with Crippen LogP contribution in [0.4, 0.5) is 5.69 Å². The standard InChI is InChI=1S/C32H41BrN4O3/c1-4-37(27-8-6-5-7-9-27)20-26-17-25(19-29(33)30(26)34)32(39)36-15-14-35-31(38)21(2)22-10-11-24-18-28(40-3)13-12-23(24)16-22/h10-13,16-19,21,27H,4-9,14-15,20,34H2,1-3H3,(H,35,38)(H,36,39). The van der Waals surface area contributed by atoms with Crippen molar-refractivity contribution in [1.29, 1.82) is 0 Å². The molecule has 40 heavy (non-hydrogen) atoms. The molecule has 4 N–H and O–H groups in total. The summed E-state index contributed by atoms with van der Waals surface area (Å²) in [5, 5.41) is 8.00. The first-order valence-corrected chi connectivity index (χ1v) is 15.1. The van der Waals surface area contributed by atoms with Crippen LogP contribution in [0.3, 0.4) is 0 Å². The van der Waals surface area contributed by atoms with Gasteiger partial charge in [0.05, 0.1) is 18.7 Å². The fourth-order valence-corrected chi connectivity index (χ4v) is 6.01. The van der Waals surface area contributed by atoms with Crippen molar-refractivity contribution in [1.82, 2.24) is 15.5 Å². The monoisotopic (exact) mass is 608 g/mol. The summed E-state index contributed by atoms with van der Waals surface area (Å²) >= 11 is 3.55. The molecule has 214 valence electrons. The fourth-order valence-electron chi connectivity index (χ4n) is 5.51. The third-order valence-corrected chi connectivity index (χ3v) is 8.68. The van der Waals surface area contributed by atoms with Crippen molar-refractivity contribution in [3.8, 4) is 5.75 Å². The van der Waals surface area contributed by atoms with Crippen molar-refractivity contribution < 1.29 is 14.3 Å². The van der Waals surface area contributed by atoms with Crippen molar-refractivity contribution in [2.45, 2.75) is 64.5 Å². The molecule has 3 aromatic carbocycles. The first kappa shape index (κ1) is 29.9. The van der Waals surface area contributed by atoms with E-state index in [9.17, 15) is 9.59 Å². The number of nitrogen functional groups attached to an aromatic ring is 1. The van der Waals surface area contributed by atoms with Crippen molar-refractivity contribution in [3.63, 3.8) is 0 Å². The Morgan fingerprint density at radius 1 is 1.02 bits per heavy atom. The highest BCUT2D eigenvalue weighted by molar-refractivity contribution is 9.10. The average molecular weight is 610 g/mol. The average Bonchev–Trinajstić information content (AvgIpc) is 2.99. The SMILES string of the molecule is CCN(Cc1cc(C(=O)NCCNC(=O)C(C)c2ccc3cc(OC)ccc3c2)cc(Br)c1N)C1CCCCC1. The zero-order valence-electron chi connectivity index (χ0n) is 23.8. The van der Waals surface area contributed by atoms with Gasteiger partial charge in [-0.25, -0.2) is 0 Å². The van der Waals surface area contributed by atoms with Gasteiger partial charge in [0.15, 0.2) is 0 Å². The zero-order chi connectivity index (χ0) is 28.6. The maximum Gasteiger partial charge on any atom is 0.251 e. The van der Waals surface area contributed by atoms with Gasteiger partial charge < -0.3 is 21.1 Å². The summed E-state index contributed by atoms with van der Waals surface area (Å²) in [7, 11) is 1.65. The molecule has 0 radical (unpaired) electrons. The Balaban J connectivity index is 1.31. The van der Waals surface area contributed by atoms with Crippen molar-refractivity contribution in [3.05, 3.63) is 69.7 Å². The van der Waals surface area contributed by atoms with Gasteiger partial charge in [0, 0.05) is 35.7 Å². The second kappa shape index (κ2) is 14.0. The Morgan fingerprint density at radius 2 is 1.73 bits per heavy atom. The molecule has 0 heterocycles. The summed E-state index contributed by atoms with van der Waals surface area (Å²) in [5.74, 6) is 0.221. The fraction of sp³-hybridized carbons (Fsp3) is 0.438. The quantitative estimate of drug-likeness (QED) is 0.183. The van der Waals surface area contributed by atoms with Crippen LogP contribution in [0, 0.1) is 0 Å². The summed E-state index contributed by atoms with van der Waals surface area (Å²) in [5.41, 5.74) is 9.54. The van der Waals surface area contributed by atoms with Crippen LogP contribution in [-0.2, 0) is 11.3 Å². The second-order valence-corrected chi connectivity index (χ2v) is 11.5. The summed E-state index contributed by atoms with van der Waals surface area (Å²) in [6, 6.07) is 16.1. The third-order valence-electron chi connectivity index (χ3n) is 8.02. The minimum Gasteiger partial charge on any atom is -0.497 e. The number of rotatable bonds is 11. The van der Waals surface area contributed by atoms with Gasteiger partial charge in [-0.15, -0.1) is 0 Å². The summed E-state index contributed by atoms with van der Waals surface area (Å²) in [4.78, 5) is 28.3. The number of hydrogen-bond donors (Lipinski definition) is 3. The van der Waals surface area contributed by atoms with E-state index in [1.54, 1.807) is 13.2 Å². The number of fused-ring (bicyclic) bond motifs is 1. The van der Waals surface area contributed by atoms with E-state index in [2.05, 4.69) is 38.4 Å². The number of hydrogen-bond acceptors (Lipinski definition) is 5. The van der Waals surface area contributed by atoms with E-state index >= 15 is 0 Å². The van der Waals surface area contributed by atoms with Crippen LogP contribution in [0.1, 0.15) is 73.4 Å². The molecule has 0 saturated heterocycles. The second-order valence-electron chi connectivity index (χ2n) is 10.6. The summed E-state index contributed by atoms with van der Waals surface area (Å²) < 4.78 is 6.02. The summed E-state index contributed by atoms with van der Waals surface area (Å²) in [6.45, 7) is 6.42. The highest BCUT2D eigenvalue weighted by Gasteiger charge is 2.22. The zero-order valence-corrected chi connectivity index (χ0v) is 25.4. The molecule has 1 saturated carbocycles. The molecule has 1 aliphatic carbocycles. The number of methoxy groups -OCH3 is 1. The van der Waals surface area contributed by atoms with Crippen LogP contribution in [0.15, 0.2) is 53.0 Å². The van der Waals surface area contributed by atoms with Gasteiger partial charge in [-0.05, 0) is 88.4 Å². The molecule has 0 aromatic heterocycles. The van der Waals surface area contributed by atoms with E-state index in [1.807, 2.05) is 49.4 Å².